The third-order valence-electron chi connectivity index (χ3n) is 2.95. The summed E-state index contributed by atoms with van der Waals surface area (Å²) in [7, 11) is 0. The average Bonchev–Trinajstić information content (AvgIpc) is 2.53. The Morgan fingerprint density at radius 3 is 2.50 bits per heavy atom. The number of rotatable bonds is 4. The van der Waals surface area contributed by atoms with Crippen LogP contribution in [0.1, 0.15) is 33.2 Å². The SMILES string of the molecule is C/C(=N/NC(=O)c1ccncc1)c1ccc(O)c(C(N)=O)c1. The number of aromatic nitrogens is 1. The van der Waals surface area contributed by atoms with E-state index in [4.69, 9.17) is 5.73 Å². The number of amides is 2. The van der Waals surface area contributed by atoms with Crippen LogP contribution in [0.25, 0.3) is 0 Å². The molecular weight excluding hydrogens is 284 g/mol. The van der Waals surface area contributed by atoms with Gasteiger partial charge >= 0.3 is 0 Å². The number of phenols is 1. The number of nitrogens with zero attached hydrogens (tertiary/aromatic N) is 2. The van der Waals surface area contributed by atoms with Crippen LogP contribution in [-0.4, -0.2) is 27.6 Å². The van der Waals surface area contributed by atoms with E-state index in [0.29, 0.717) is 16.8 Å². The summed E-state index contributed by atoms with van der Waals surface area (Å²) >= 11 is 0. The van der Waals surface area contributed by atoms with Crippen molar-refractivity contribution >= 4 is 17.5 Å². The molecular formula is C15H14N4O3. The highest BCUT2D eigenvalue weighted by Crippen LogP contribution is 2.18. The van der Waals surface area contributed by atoms with Gasteiger partial charge in [0.05, 0.1) is 11.3 Å². The Kier molecular flexibility index (Phi) is 4.47. The van der Waals surface area contributed by atoms with E-state index in [1.807, 2.05) is 0 Å². The lowest BCUT2D eigenvalue weighted by molar-refractivity contribution is 0.0953. The number of aromatic hydroxyl groups is 1. The third kappa shape index (κ3) is 3.45. The second kappa shape index (κ2) is 6.49. The van der Waals surface area contributed by atoms with Crippen molar-refractivity contribution in [1.82, 2.24) is 10.4 Å². The Hall–Kier alpha value is -3.22. The zero-order chi connectivity index (χ0) is 16.1. The van der Waals surface area contributed by atoms with Crippen LogP contribution < -0.4 is 11.2 Å². The summed E-state index contributed by atoms with van der Waals surface area (Å²) in [6, 6.07) is 7.45. The first-order chi connectivity index (χ1) is 10.5. The molecule has 2 rings (SSSR count). The van der Waals surface area contributed by atoms with E-state index in [0.717, 1.165) is 0 Å². The van der Waals surface area contributed by atoms with Gasteiger partial charge in [-0.05, 0) is 42.8 Å². The number of nitrogens with two attached hydrogens (primary N) is 1. The molecule has 0 fully saturated rings. The van der Waals surface area contributed by atoms with E-state index >= 15 is 0 Å². The summed E-state index contributed by atoms with van der Waals surface area (Å²) in [6.45, 7) is 1.66. The van der Waals surface area contributed by atoms with Gasteiger partial charge in [0.15, 0.2) is 0 Å². The fourth-order valence-electron chi connectivity index (χ4n) is 1.73. The summed E-state index contributed by atoms with van der Waals surface area (Å²) < 4.78 is 0. The molecule has 0 bridgehead atoms. The van der Waals surface area contributed by atoms with Gasteiger partial charge in [0.2, 0.25) is 0 Å². The summed E-state index contributed by atoms with van der Waals surface area (Å²) in [6.07, 6.45) is 3.01. The van der Waals surface area contributed by atoms with E-state index < -0.39 is 5.91 Å². The number of primary amides is 1. The van der Waals surface area contributed by atoms with E-state index in [2.05, 4.69) is 15.5 Å². The first kappa shape index (κ1) is 15.2. The van der Waals surface area contributed by atoms with Gasteiger partial charge < -0.3 is 10.8 Å². The van der Waals surface area contributed by atoms with Crippen LogP contribution in [0, 0.1) is 0 Å². The molecule has 7 heteroatoms. The van der Waals surface area contributed by atoms with Gasteiger partial charge in [0.1, 0.15) is 5.75 Å². The zero-order valence-corrected chi connectivity index (χ0v) is 11.8. The van der Waals surface area contributed by atoms with Crippen molar-refractivity contribution in [1.29, 1.82) is 0 Å². The highest BCUT2D eigenvalue weighted by molar-refractivity contribution is 6.04. The fourth-order valence-corrected chi connectivity index (χ4v) is 1.73. The summed E-state index contributed by atoms with van der Waals surface area (Å²) in [4.78, 5) is 26.9. The van der Waals surface area contributed by atoms with Crippen LogP contribution in [0.4, 0.5) is 0 Å². The first-order valence-corrected chi connectivity index (χ1v) is 6.37. The van der Waals surface area contributed by atoms with Crippen molar-refractivity contribution in [3.8, 4) is 5.75 Å². The number of hydrazone groups is 1. The predicted octanol–water partition coefficient (Wildman–Crippen LogP) is 1.04. The largest absolute Gasteiger partial charge is 0.507 e. The van der Waals surface area contributed by atoms with Crippen molar-refractivity contribution < 1.29 is 14.7 Å². The number of hydrogen-bond donors (Lipinski definition) is 3. The summed E-state index contributed by atoms with van der Waals surface area (Å²) in [5.74, 6) is -1.33. The van der Waals surface area contributed by atoms with Crippen LogP contribution in [-0.2, 0) is 0 Å². The molecule has 22 heavy (non-hydrogen) atoms. The van der Waals surface area contributed by atoms with Gasteiger partial charge in [0.25, 0.3) is 11.8 Å². The van der Waals surface area contributed by atoms with Crippen molar-refractivity contribution in [2.75, 3.05) is 0 Å². The van der Waals surface area contributed by atoms with Crippen molar-refractivity contribution in [2.24, 2.45) is 10.8 Å². The number of carbonyl (C=O) groups excluding carboxylic acids is 2. The van der Waals surface area contributed by atoms with Crippen LogP contribution in [0.5, 0.6) is 5.75 Å². The Labute approximate surface area is 126 Å². The average molecular weight is 298 g/mol. The second-order valence-corrected chi connectivity index (χ2v) is 4.47. The molecule has 1 heterocycles. The maximum atomic E-state index is 11.8. The molecule has 4 N–H and O–H groups in total. The first-order valence-electron chi connectivity index (χ1n) is 6.37. The third-order valence-corrected chi connectivity index (χ3v) is 2.95. The number of pyridine rings is 1. The van der Waals surface area contributed by atoms with Crippen LogP contribution >= 0.6 is 0 Å². The monoisotopic (exact) mass is 298 g/mol. The molecule has 0 saturated heterocycles. The molecule has 0 aliphatic carbocycles. The molecule has 0 saturated carbocycles. The van der Waals surface area contributed by atoms with E-state index in [1.54, 1.807) is 25.1 Å². The van der Waals surface area contributed by atoms with Gasteiger partial charge in [-0.3, -0.25) is 14.6 Å². The molecule has 0 unspecified atom stereocenters. The molecule has 1 aromatic heterocycles. The normalized spacial score (nSPS) is 11.0. The van der Waals surface area contributed by atoms with Gasteiger partial charge in [-0.25, -0.2) is 5.43 Å². The van der Waals surface area contributed by atoms with Gasteiger partial charge in [-0.2, -0.15) is 5.10 Å². The van der Waals surface area contributed by atoms with Gasteiger partial charge in [-0.15, -0.1) is 0 Å². The van der Waals surface area contributed by atoms with E-state index in [1.165, 1.54) is 24.5 Å². The molecule has 7 nitrogen and oxygen atoms in total. The minimum absolute atomic E-state index is 0.00693. The van der Waals surface area contributed by atoms with Crippen molar-refractivity contribution in [3.05, 3.63) is 59.4 Å². The zero-order valence-electron chi connectivity index (χ0n) is 11.8. The minimum Gasteiger partial charge on any atom is -0.507 e. The lowest BCUT2D eigenvalue weighted by atomic mass is 10.1. The Morgan fingerprint density at radius 2 is 1.86 bits per heavy atom. The number of carbonyl (C=O) groups is 2. The van der Waals surface area contributed by atoms with Crippen LogP contribution in [0.3, 0.4) is 0 Å². The van der Waals surface area contributed by atoms with Crippen LogP contribution in [0.15, 0.2) is 47.8 Å². The van der Waals surface area contributed by atoms with Crippen molar-refractivity contribution in [2.45, 2.75) is 6.92 Å². The summed E-state index contributed by atoms with van der Waals surface area (Å²) in [5.41, 5.74) is 9.01. The van der Waals surface area contributed by atoms with Gasteiger partial charge in [0, 0.05) is 18.0 Å². The second-order valence-electron chi connectivity index (χ2n) is 4.47. The van der Waals surface area contributed by atoms with Gasteiger partial charge in [-0.1, -0.05) is 0 Å². The molecule has 0 aliphatic rings. The molecule has 1 aromatic carbocycles. The lowest BCUT2D eigenvalue weighted by Gasteiger charge is -2.06. The molecule has 112 valence electrons. The Balaban J connectivity index is 2.18. The fraction of sp³-hybridized carbons (Fsp3) is 0.0667. The molecule has 2 aromatic rings. The smallest absolute Gasteiger partial charge is 0.271 e. The highest BCUT2D eigenvalue weighted by Gasteiger charge is 2.10. The number of hydrogen-bond acceptors (Lipinski definition) is 5. The molecule has 0 atom stereocenters. The minimum atomic E-state index is -0.743. The van der Waals surface area contributed by atoms with E-state index in [9.17, 15) is 14.7 Å². The van der Waals surface area contributed by atoms with Crippen LogP contribution in [0.2, 0.25) is 0 Å². The summed E-state index contributed by atoms with van der Waals surface area (Å²) in [5, 5.41) is 13.5. The predicted molar refractivity (Wildman–Crippen MR) is 80.5 cm³/mol. The standard InChI is InChI=1S/C15H14N4O3/c1-9(11-2-3-13(20)12(8-11)14(16)21)18-19-15(22)10-4-6-17-7-5-10/h2-8,20H,1H3,(H2,16,21)(H,19,22)/b18-9-. The topological polar surface area (TPSA) is 118 Å². The lowest BCUT2D eigenvalue weighted by Crippen LogP contribution is -2.19. The maximum absolute atomic E-state index is 11.8. The molecule has 2 amide bonds. The highest BCUT2D eigenvalue weighted by atomic mass is 16.3. The molecule has 0 spiro atoms. The van der Waals surface area contributed by atoms with E-state index in [-0.39, 0.29) is 17.2 Å². The number of nitrogens with one attached hydrogen (secondary N) is 1. The molecule has 0 aliphatic heterocycles. The Morgan fingerprint density at radius 1 is 1.18 bits per heavy atom. The maximum Gasteiger partial charge on any atom is 0.271 e. The number of benzene rings is 1. The van der Waals surface area contributed by atoms with Crippen molar-refractivity contribution in [3.63, 3.8) is 0 Å². The molecule has 0 radical (unpaired) electrons. The quantitative estimate of drug-likeness (QED) is 0.577. The Bertz CT molecular complexity index is 742.